The largest absolute Gasteiger partial charge is 0.467 e. The minimum Gasteiger partial charge on any atom is -0.467 e. The van der Waals surface area contributed by atoms with E-state index in [0.717, 1.165) is 25.3 Å². The van der Waals surface area contributed by atoms with Gasteiger partial charge < -0.3 is 14.4 Å². The number of fused-ring (bicyclic) bond motifs is 1. The Balaban J connectivity index is 1.94. The molecule has 0 saturated carbocycles. The molecule has 3 rings (SSSR count). The van der Waals surface area contributed by atoms with Crippen molar-refractivity contribution < 1.29 is 32.6 Å². The Hall–Kier alpha value is -2.59. The number of allylic oxidation sites excluding steroid dienone is 3. The third-order valence-electron chi connectivity index (χ3n) is 4.21. The van der Waals surface area contributed by atoms with Crippen molar-refractivity contribution in [3.8, 4) is 0 Å². The lowest BCUT2D eigenvalue weighted by atomic mass is 9.81. The van der Waals surface area contributed by atoms with Crippen molar-refractivity contribution in [1.29, 1.82) is 0 Å². The van der Waals surface area contributed by atoms with Gasteiger partial charge in [0.2, 0.25) is 5.78 Å². The maximum atomic E-state index is 12.8. The first-order valence-corrected chi connectivity index (χ1v) is 8.09. The third-order valence-corrected chi connectivity index (χ3v) is 4.55. The fraction of sp³-hybridized carbons (Fsp3) is 0.294. The highest BCUT2D eigenvalue weighted by molar-refractivity contribution is 7.71. The van der Waals surface area contributed by atoms with E-state index in [2.05, 4.69) is 4.98 Å². The van der Waals surface area contributed by atoms with Crippen molar-refractivity contribution in [3.05, 3.63) is 57.5 Å². The van der Waals surface area contributed by atoms with Gasteiger partial charge in [-0.1, -0.05) is 12.2 Å². The molecule has 1 aromatic heterocycles. The van der Waals surface area contributed by atoms with Gasteiger partial charge in [0.05, 0.1) is 12.1 Å². The van der Waals surface area contributed by atoms with Gasteiger partial charge in [-0.05, 0) is 31.6 Å². The highest BCUT2D eigenvalue weighted by atomic mass is 32.1. The summed E-state index contributed by atoms with van der Waals surface area (Å²) in [6.45, 7) is 2.43. The summed E-state index contributed by atoms with van der Waals surface area (Å²) >= 11 is 5.02. The zero-order valence-corrected chi connectivity index (χ0v) is 14.9. The summed E-state index contributed by atoms with van der Waals surface area (Å²) in [7, 11) is 0. The number of hydrogen-bond acceptors (Lipinski definition) is 6. The van der Waals surface area contributed by atoms with Crippen molar-refractivity contribution in [2.24, 2.45) is 0 Å². The van der Waals surface area contributed by atoms with Gasteiger partial charge in [-0.3, -0.25) is 9.59 Å². The Morgan fingerprint density at radius 1 is 1.33 bits per heavy atom. The minimum absolute atomic E-state index is 0.0295. The fourth-order valence-corrected chi connectivity index (χ4v) is 2.95. The molecule has 0 amide bonds. The SMILES string of the molecule is Cc1nc(C(F)(F)F)cc(=S)n1CC1=CC2=CC(=O)C(C)(O)C(=O)C2=CO1. The molecule has 2 heterocycles. The first-order valence-electron chi connectivity index (χ1n) is 7.68. The maximum absolute atomic E-state index is 12.8. The van der Waals surface area contributed by atoms with E-state index in [0.29, 0.717) is 0 Å². The van der Waals surface area contributed by atoms with E-state index in [-0.39, 0.29) is 33.9 Å². The smallest absolute Gasteiger partial charge is 0.433 e. The number of aryl methyl sites for hydroxylation is 1. The molecule has 142 valence electrons. The summed E-state index contributed by atoms with van der Waals surface area (Å²) in [5.74, 6) is -1.28. The second kappa shape index (κ2) is 6.24. The van der Waals surface area contributed by atoms with Crippen molar-refractivity contribution in [2.45, 2.75) is 32.2 Å². The van der Waals surface area contributed by atoms with Crippen LogP contribution in [0.2, 0.25) is 0 Å². The highest BCUT2D eigenvalue weighted by Crippen LogP contribution is 2.32. The molecule has 0 fully saturated rings. The molecule has 0 saturated heterocycles. The van der Waals surface area contributed by atoms with Gasteiger partial charge in [0.15, 0.2) is 11.4 Å². The molecule has 2 aliphatic rings. The molecule has 6 nitrogen and oxygen atoms in total. The van der Waals surface area contributed by atoms with E-state index in [1.807, 2.05) is 0 Å². The Labute approximate surface area is 156 Å². The number of ether oxygens (including phenoxy) is 1. The summed E-state index contributed by atoms with van der Waals surface area (Å²) in [5, 5.41) is 9.94. The van der Waals surface area contributed by atoms with E-state index in [4.69, 9.17) is 17.0 Å². The van der Waals surface area contributed by atoms with Crippen LogP contribution in [-0.4, -0.2) is 31.8 Å². The van der Waals surface area contributed by atoms with E-state index < -0.39 is 29.0 Å². The minimum atomic E-state index is -4.61. The molecule has 10 heteroatoms. The van der Waals surface area contributed by atoms with Crippen LogP contribution in [0.25, 0.3) is 0 Å². The van der Waals surface area contributed by atoms with Crippen LogP contribution in [0.4, 0.5) is 13.2 Å². The van der Waals surface area contributed by atoms with E-state index in [1.54, 1.807) is 0 Å². The molecule has 0 radical (unpaired) electrons. The van der Waals surface area contributed by atoms with Gasteiger partial charge in [0, 0.05) is 6.07 Å². The number of Topliss-reactive ketones (excluding diaryl/α,β-unsaturated/α-hetero) is 1. The molecule has 1 aromatic rings. The van der Waals surface area contributed by atoms with Crippen molar-refractivity contribution >= 4 is 23.8 Å². The summed E-state index contributed by atoms with van der Waals surface area (Å²) in [5.41, 5.74) is -2.95. The van der Waals surface area contributed by atoms with Crippen LogP contribution in [0.5, 0.6) is 0 Å². The van der Waals surface area contributed by atoms with Gasteiger partial charge in [-0.25, -0.2) is 4.98 Å². The lowest BCUT2D eigenvalue weighted by Gasteiger charge is -2.28. The summed E-state index contributed by atoms with van der Waals surface area (Å²) in [4.78, 5) is 27.6. The number of carbonyl (C=O) groups excluding carboxylic acids is 2. The van der Waals surface area contributed by atoms with Crippen LogP contribution in [0, 0.1) is 11.6 Å². The molecular weight excluding hydrogens is 385 g/mol. The number of ketones is 2. The zero-order chi connectivity index (χ0) is 20.1. The predicted octanol–water partition coefficient (Wildman–Crippen LogP) is 2.57. The molecule has 27 heavy (non-hydrogen) atoms. The Bertz CT molecular complexity index is 1020. The lowest BCUT2D eigenvalue weighted by Crippen LogP contribution is -2.46. The van der Waals surface area contributed by atoms with Crippen molar-refractivity contribution in [3.63, 3.8) is 0 Å². The number of carbonyl (C=O) groups is 2. The summed E-state index contributed by atoms with van der Waals surface area (Å²) in [6, 6.07) is 0.747. The summed E-state index contributed by atoms with van der Waals surface area (Å²) < 4.78 is 45.0. The number of nitrogens with zero attached hydrogens (tertiary/aromatic N) is 2. The topological polar surface area (TPSA) is 81.4 Å². The number of aliphatic hydroxyl groups is 1. The lowest BCUT2D eigenvalue weighted by molar-refractivity contribution is -0.144. The van der Waals surface area contributed by atoms with Crippen LogP contribution >= 0.6 is 12.2 Å². The van der Waals surface area contributed by atoms with Crippen LogP contribution < -0.4 is 0 Å². The quantitative estimate of drug-likeness (QED) is 0.609. The first kappa shape index (κ1) is 19.2. The molecule has 1 N–H and O–H groups in total. The molecule has 1 aliphatic heterocycles. The molecule has 0 aromatic carbocycles. The molecular formula is C17H13F3N2O4S. The molecule has 0 spiro atoms. The molecule has 1 unspecified atom stereocenters. The third kappa shape index (κ3) is 3.37. The number of rotatable bonds is 2. The van der Waals surface area contributed by atoms with Gasteiger partial charge in [-0.15, -0.1) is 0 Å². The molecule has 0 bridgehead atoms. The monoisotopic (exact) mass is 398 g/mol. The van der Waals surface area contributed by atoms with Gasteiger partial charge in [-0.2, -0.15) is 13.2 Å². The number of aromatic nitrogens is 2. The Morgan fingerprint density at radius 3 is 2.59 bits per heavy atom. The van der Waals surface area contributed by atoms with Crippen LogP contribution in [0.15, 0.2) is 41.4 Å². The predicted molar refractivity (Wildman–Crippen MR) is 88.8 cm³/mol. The standard InChI is InChI=1S/C17H13F3N2O4S/c1-8-21-12(17(18,19)20)5-14(27)22(8)6-10-3-9-4-13(23)16(2,25)15(24)11(9)7-26-10/h3-5,7,25H,6H2,1-2H3. The van der Waals surface area contributed by atoms with Crippen molar-refractivity contribution in [2.75, 3.05) is 0 Å². The Morgan fingerprint density at radius 2 is 2.00 bits per heavy atom. The van der Waals surface area contributed by atoms with Gasteiger partial charge >= 0.3 is 6.18 Å². The maximum Gasteiger partial charge on any atom is 0.433 e. The average molecular weight is 398 g/mol. The van der Waals surface area contributed by atoms with E-state index in [1.165, 1.54) is 17.6 Å². The zero-order valence-electron chi connectivity index (χ0n) is 14.1. The normalized spacial score (nSPS) is 22.5. The fourth-order valence-electron chi connectivity index (χ4n) is 2.65. The highest BCUT2D eigenvalue weighted by Gasteiger charge is 2.44. The molecule has 1 atom stereocenters. The van der Waals surface area contributed by atoms with Crippen LogP contribution in [-0.2, 0) is 27.0 Å². The van der Waals surface area contributed by atoms with Gasteiger partial charge in [0.1, 0.15) is 28.2 Å². The van der Waals surface area contributed by atoms with E-state index in [9.17, 15) is 27.9 Å². The van der Waals surface area contributed by atoms with Gasteiger partial charge in [0.25, 0.3) is 0 Å². The van der Waals surface area contributed by atoms with Crippen LogP contribution in [0.1, 0.15) is 18.4 Å². The second-order valence-electron chi connectivity index (χ2n) is 6.24. The summed E-state index contributed by atoms with van der Waals surface area (Å²) in [6.07, 6.45) is -0.993. The average Bonchev–Trinajstić information content (AvgIpc) is 2.55. The number of alkyl halides is 3. The van der Waals surface area contributed by atoms with Crippen molar-refractivity contribution in [1.82, 2.24) is 9.55 Å². The molecule has 1 aliphatic carbocycles. The van der Waals surface area contributed by atoms with E-state index >= 15 is 0 Å². The number of hydrogen-bond donors (Lipinski definition) is 1. The number of halogens is 3. The second-order valence-corrected chi connectivity index (χ2v) is 6.65. The first-order chi connectivity index (χ1) is 12.4. The van der Waals surface area contributed by atoms with Crippen LogP contribution in [0.3, 0.4) is 0 Å². The Kier molecular flexibility index (Phi) is 4.43.